The third-order valence-electron chi connectivity index (χ3n) is 6.24. The Morgan fingerprint density at radius 2 is 1.71 bits per heavy atom. The summed E-state index contributed by atoms with van der Waals surface area (Å²) in [5.41, 5.74) is 1.84. The van der Waals surface area contributed by atoms with Gasteiger partial charge < -0.3 is 14.1 Å². The highest BCUT2D eigenvalue weighted by Gasteiger charge is 2.27. The average Bonchev–Trinajstić information content (AvgIpc) is 3.41. The molecule has 1 saturated heterocycles. The summed E-state index contributed by atoms with van der Waals surface area (Å²) in [6, 6.07) is 16.7. The Morgan fingerprint density at radius 1 is 1.00 bits per heavy atom. The van der Waals surface area contributed by atoms with Crippen molar-refractivity contribution in [2.75, 3.05) is 38.2 Å². The Morgan fingerprint density at radius 3 is 2.40 bits per heavy atom. The number of rotatable bonds is 6. The van der Waals surface area contributed by atoms with Crippen LogP contribution in [0.2, 0.25) is 5.02 Å². The molecule has 0 saturated carbocycles. The minimum atomic E-state index is -0.330. The van der Waals surface area contributed by atoms with Gasteiger partial charge in [-0.2, -0.15) is 9.78 Å². The van der Waals surface area contributed by atoms with Gasteiger partial charge in [0.2, 0.25) is 11.8 Å². The number of para-hydroxylation sites is 1. The first-order valence-corrected chi connectivity index (χ1v) is 11.7. The Kier molecular flexibility index (Phi) is 6.52. The molecule has 9 nitrogen and oxygen atoms in total. The SMILES string of the molecule is COc1ccc(-c2nnc([C@@H](C)N3CCN(c4cnn(-c5ccccc5)c(=O)c4Cl)CC3)o2)cc1. The molecular weight excluding hydrogens is 468 g/mol. The van der Waals surface area contributed by atoms with Crippen molar-refractivity contribution in [3.8, 4) is 22.9 Å². The van der Waals surface area contributed by atoms with E-state index >= 15 is 0 Å². The Bertz CT molecular complexity index is 1350. The highest BCUT2D eigenvalue weighted by Crippen LogP contribution is 2.28. The lowest BCUT2D eigenvalue weighted by molar-refractivity contribution is 0.173. The fraction of sp³-hybridized carbons (Fsp3) is 0.280. The van der Waals surface area contributed by atoms with Gasteiger partial charge in [-0.05, 0) is 43.3 Å². The standard InChI is InChI=1S/C25H25ClN6O3/c1-17(23-28-29-24(35-23)18-8-10-20(34-2)11-9-18)30-12-14-31(15-13-30)21-16-27-32(25(33)22(21)26)19-6-4-3-5-7-19/h3-11,16-17H,12-15H2,1-2H3/t17-/m1/s1. The summed E-state index contributed by atoms with van der Waals surface area (Å²) in [4.78, 5) is 17.2. The maximum Gasteiger partial charge on any atom is 0.292 e. The molecule has 0 aliphatic carbocycles. The van der Waals surface area contributed by atoms with Crippen LogP contribution in [0.15, 0.2) is 70.0 Å². The van der Waals surface area contributed by atoms with Crippen LogP contribution in [0.5, 0.6) is 5.75 Å². The fourth-order valence-electron chi connectivity index (χ4n) is 4.16. The smallest absolute Gasteiger partial charge is 0.292 e. The van der Waals surface area contributed by atoms with E-state index in [4.69, 9.17) is 20.8 Å². The van der Waals surface area contributed by atoms with Crippen molar-refractivity contribution in [2.45, 2.75) is 13.0 Å². The van der Waals surface area contributed by atoms with E-state index < -0.39 is 0 Å². The lowest BCUT2D eigenvalue weighted by atomic mass is 10.2. The summed E-state index contributed by atoms with van der Waals surface area (Å²) in [6.07, 6.45) is 1.66. The first-order chi connectivity index (χ1) is 17.0. The number of ether oxygens (including phenoxy) is 1. The zero-order chi connectivity index (χ0) is 24.4. The zero-order valence-electron chi connectivity index (χ0n) is 19.5. The van der Waals surface area contributed by atoms with Crippen molar-refractivity contribution < 1.29 is 9.15 Å². The second-order valence-electron chi connectivity index (χ2n) is 8.27. The molecular formula is C25H25ClN6O3. The van der Waals surface area contributed by atoms with Gasteiger partial charge in [-0.3, -0.25) is 9.69 Å². The number of benzene rings is 2. The van der Waals surface area contributed by atoms with Crippen LogP contribution in [0.1, 0.15) is 18.9 Å². The van der Waals surface area contributed by atoms with Crippen LogP contribution in [-0.2, 0) is 0 Å². The van der Waals surface area contributed by atoms with Gasteiger partial charge in [0.15, 0.2) is 0 Å². The van der Waals surface area contributed by atoms with Crippen LogP contribution in [0.25, 0.3) is 17.1 Å². The molecule has 3 heterocycles. The monoisotopic (exact) mass is 492 g/mol. The number of hydrogen-bond acceptors (Lipinski definition) is 8. The number of anilines is 1. The molecule has 10 heteroatoms. The molecule has 35 heavy (non-hydrogen) atoms. The summed E-state index contributed by atoms with van der Waals surface area (Å²) in [6.45, 7) is 4.94. The topological polar surface area (TPSA) is 89.5 Å². The molecule has 0 radical (unpaired) electrons. The van der Waals surface area contributed by atoms with Crippen LogP contribution in [0.4, 0.5) is 5.69 Å². The molecule has 1 aliphatic heterocycles. The van der Waals surface area contributed by atoms with Gasteiger partial charge in [-0.15, -0.1) is 10.2 Å². The maximum atomic E-state index is 12.8. The lowest BCUT2D eigenvalue weighted by Gasteiger charge is -2.38. The van der Waals surface area contributed by atoms with Crippen molar-refractivity contribution in [2.24, 2.45) is 0 Å². The summed E-state index contributed by atoms with van der Waals surface area (Å²) >= 11 is 6.49. The Labute approximate surface area is 207 Å². The Hall–Kier alpha value is -3.69. The molecule has 0 bridgehead atoms. The normalized spacial score (nSPS) is 15.2. The van der Waals surface area contributed by atoms with Gasteiger partial charge in [0.05, 0.1) is 30.7 Å². The molecule has 0 unspecified atom stereocenters. The number of nitrogens with zero attached hydrogens (tertiary/aromatic N) is 6. The molecule has 2 aromatic carbocycles. The molecule has 1 atom stereocenters. The second kappa shape index (κ2) is 9.89. The molecule has 4 aromatic rings. The third-order valence-corrected chi connectivity index (χ3v) is 6.59. The van der Waals surface area contributed by atoms with Crippen molar-refractivity contribution in [1.29, 1.82) is 0 Å². The van der Waals surface area contributed by atoms with Crippen LogP contribution in [-0.4, -0.2) is 58.2 Å². The second-order valence-corrected chi connectivity index (χ2v) is 8.65. The molecule has 1 fully saturated rings. The molecule has 180 valence electrons. The average molecular weight is 493 g/mol. The van der Waals surface area contributed by atoms with Crippen LogP contribution in [0, 0.1) is 0 Å². The van der Waals surface area contributed by atoms with E-state index in [1.807, 2.05) is 54.6 Å². The third kappa shape index (κ3) is 4.65. The molecule has 5 rings (SSSR count). The van der Waals surface area contributed by atoms with Gasteiger partial charge in [-0.1, -0.05) is 29.8 Å². The number of piperazine rings is 1. The summed E-state index contributed by atoms with van der Waals surface area (Å²) < 4.78 is 12.5. The van der Waals surface area contributed by atoms with E-state index in [-0.39, 0.29) is 16.6 Å². The van der Waals surface area contributed by atoms with E-state index in [0.717, 1.165) is 24.4 Å². The summed E-state index contributed by atoms with van der Waals surface area (Å²) in [5, 5.41) is 13.0. The summed E-state index contributed by atoms with van der Waals surface area (Å²) in [7, 11) is 1.63. The van der Waals surface area contributed by atoms with Crippen LogP contribution >= 0.6 is 11.6 Å². The number of halogens is 1. The first kappa shape index (κ1) is 23.1. The summed E-state index contributed by atoms with van der Waals surface area (Å²) in [5.74, 6) is 1.81. The van der Waals surface area contributed by atoms with Crippen molar-refractivity contribution in [1.82, 2.24) is 24.9 Å². The van der Waals surface area contributed by atoms with E-state index in [1.54, 1.807) is 13.3 Å². The van der Waals surface area contributed by atoms with Crippen LogP contribution < -0.4 is 15.2 Å². The van der Waals surface area contributed by atoms with Gasteiger partial charge in [-0.25, -0.2) is 0 Å². The predicted molar refractivity (Wildman–Crippen MR) is 133 cm³/mol. The van der Waals surface area contributed by atoms with Gasteiger partial charge in [0, 0.05) is 31.7 Å². The number of aromatic nitrogens is 4. The highest BCUT2D eigenvalue weighted by molar-refractivity contribution is 6.33. The van der Waals surface area contributed by atoms with E-state index in [0.29, 0.717) is 36.2 Å². The van der Waals surface area contributed by atoms with Crippen molar-refractivity contribution in [3.63, 3.8) is 0 Å². The highest BCUT2D eigenvalue weighted by atomic mass is 35.5. The quantitative estimate of drug-likeness (QED) is 0.401. The van der Waals surface area contributed by atoms with E-state index in [2.05, 4.69) is 32.0 Å². The fourth-order valence-corrected chi connectivity index (χ4v) is 4.41. The van der Waals surface area contributed by atoms with Crippen LogP contribution in [0.3, 0.4) is 0 Å². The predicted octanol–water partition coefficient (Wildman–Crippen LogP) is 3.83. The molecule has 0 N–H and O–H groups in total. The minimum Gasteiger partial charge on any atom is -0.497 e. The van der Waals surface area contributed by atoms with Gasteiger partial charge >= 0.3 is 0 Å². The van der Waals surface area contributed by atoms with E-state index in [9.17, 15) is 4.79 Å². The maximum absolute atomic E-state index is 12.8. The number of methoxy groups -OCH3 is 1. The largest absolute Gasteiger partial charge is 0.497 e. The number of hydrogen-bond donors (Lipinski definition) is 0. The molecule has 2 aromatic heterocycles. The first-order valence-electron chi connectivity index (χ1n) is 11.3. The zero-order valence-corrected chi connectivity index (χ0v) is 20.2. The molecule has 0 amide bonds. The van der Waals surface area contributed by atoms with Gasteiger partial charge in [0.25, 0.3) is 5.56 Å². The van der Waals surface area contributed by atoms with Crippen molar-refractivity contribution >= 4 is 17.3 Å². The van der Waals surface area contributed by atoms with Crippen molar-refractivity contribution in [3.05, 3.63) is 82.1 Å². The minimum absolute atomic E-state index is 0.0451. The molecule has 1 aliphatic rings. The lowest BCUT2D eigenvalue weighted by Crippen LogP contribution is -2.47. The van der Waals surface area contributed by atoms with E-state index in [1.165, 1.54) is 4.68 Å². The molecule has 0 spiro atoms. The van der Waals surface area contributed by atoms with Gasteiger partial charge in [0.1, 0.15) is 10.8 Å². The Balaban J connectivity index is 1.25.